The first-order chi connectivity index (χ1) is 16.5. The van der Waals surface area contributed by atoms with Gasteiger partial charge in [-0.15, -0.1) is 0 Å². The van der Waals surface area contributed by atoms with Crippen LogP contribution in [0.5, 0.6) is 0 Å². The quantitative estimate of drug-likeness (QED) is 0.253. The Labute approximate surface area is 206 Å². The van der Waals surface area contributed by atoms with E-state index in [2.05, 4.69) is 104 Å². The number of hydrogen-bond donors (Lipinski definition) is 0. The number of carbonyl (C=O) groups is 1. The van der Waals surface area contributed by atoms with Crippen molar-refractivity contribution in [2.24, 2.45) is 11.8 Å². The van der Waals surface area contributed by atoms with E-state index in [0.717, 1.165) is 25.7 Å². The second-order valence-corrected chi connectivity index (χ2v) is 16.2. The largest absolute Gasteiger partial charge is 0.299 e. The van der Waals surface area contributed by atoms with Crippen molar-refractivity contribution in [1.82, 2.24) is 0 Å². The minimum Gasteiger partial charge on any atom is -0.299 e. The minimum atomic E-state index is -2.05. The average Bonchev–Trinajstić information content (AvgIpc) is 3.59. The Balaban J connectivity index is 1.62. The Morgan fingerprint density at radius 2 is 1.09 bits per heavy atom. The monoisotopic (exact) mass is 466 g/mol. The van der Waals surface area contributed by atoms with Gasteiger partial charge in [-0.2, -0.15) is 0 Å². The Hall–Kier alpha value is -2.45. The summed E-state index contributed by atoms with van der Waals surface area (Å²) in [7, 11) is -2.05. The highest BCUT2D eigenvalue weighted by atomic mass is 28.3. The van der Waals surface area contributed by atoms with Gasteiger partial charge in [0.1, 0.15) is 5.78 Å². The van der Waals surface area contributed by atoms with Crippen LogP contribution in [0.15, 0.2) is 91.0 Å². The van der Waals surface area contributed by atoms with Gasteiger partial charge in [0.15, 0.2) is 0 Å². The van der Waals surface area contributed by atoms with Crippen LogP contribution in [0.25, 0.3) is 0 Å². The molecule has 5 rings (SSSR count). The summed E-state index contributed by atoms with van der Waals surface area (Å²) in [5.74, 6) is 1.21. The molecule has 0 aromatic heterocycles. The molecule has 176 valence electrons. The van der Waals surface area contributed by atoms with Crippen molar-refractivity contribution < 1.29 is 4.79 Å². The molecule has 2 atom stereocenters. The highest BCUT2D eigenvalue weighted by Gasteiger charge is 2.55. The summed E-state index contributed by atoms with van der Waals surface area (Å²) < 4.78 is 0. The molecule has 2 fully saturated rings. The highest BCUT2D eigenvalue weighted by molar-refractivity contribution is 6.83. The lowest BCUT2D eigenvalue weighted by Gasteiger charge is -2.50. The summed E-state index contributed by atoms with van der Waals surface area (Å²) in [4.78, 5) is 13.4. The fourth-order valence-electron chi connectivity index (χ4n) is 7.43. The average molecular weight is 467 g/mol. The molecule has 0 aliphatic heterocycles. The van der Waals surface area contributed by atoms with Crippen molar-refractivity contribution in [3.63, 3.8) is 0 Å². The van der Waals surface area contributed by atoms with Gasteiger partial charge in [0, 0.05) is 16.9 Å². The van der Waals surface area contributed by atoms with E-state index in [1.165, 1.54) is 36.0 Å². The topological polar surface area (TPSA) is 17.1 Å². The van der Waals surface area contributed by atoms with Gasteiger partial charge >= 0.3 is 0 Å². The second kappa shape index (κ2) is 9.66. The molecule has 0 spiro atoms. The number of benzene rings is 3. The molecule has 34 heavy (non-hydrogen) atoms. The van der Waals surface area contributed by atoms with Crippen LogP contribution >= 0.6 is 0 Å². The third-order valence-electron chi connectivity index (χ3n) is 9.20. The van der Waals surface area contributed by atoms with Crippen molar-refractivity contribution in [1.29, 1.82) is 0 Å². The zero-order valence-corrected chi connectivity index (χ0v) is 21.8. The van der Waals surface area contributed by atoms with E-state index in [1.54, 1.807) is 0 Å². The number of rotatable bonds is 7. The molecule has 2 heteroatoms. The van der Waals surface area contributed by atoms with Crippen molar-refractivity contribution in [2.45, 2.75) is 68.6 Å². The Kier molecular flexibility index (Phi) is 6.62. The standard InChI is InChI=1S/C32H38OSi/c1-34(2,30-23-22-26(24-30)31(33)25-14-12-13-15-25)32(27-16-6-3-7-17-27,28-18-8-4-9-19-28)29-20-10-5-11-21-29/h3-11,16-21,25-26,30H,12-15,22-24H2,1-2H3/t26-,30-/m1/s1. The van der Waals surface area contributed by atoms with Crippen molar-refractivity contribution in [3.05, 3.63) is 108 Å². The Morgan fingerprint density at radius 3 is 1.53 bits per heavy atom. The van der Waals surface area contributed by atoms with Crippen LogP contribution in [0.2, 0.25) is 18.6 Å². The predicted octanol–water partition coefficient (Wildman–Crippen LogP) is 8.20. The summed E-state index contributed by atoms with van der Waals surface area (Å²) in [6, 6.07) is 33.6. The van der Waals surface area contributed by atoms with E-state index in [-0.39, 0.29) is 11.0 Å². The molecule has 0 unspecified atom stereocenters. The number of carbonyl (C=O) groups excluding carboxylic acids is 1. The molecule has 0 bridgehead atoms. The Bertz CT molecular complexity index is 987. The third-order valence-corrected chi connectivity index (χ3v) is 14.6. The SMILES string of the molecule is C[Si](C)([C@@H]1CC[C@@H](C(=O)C2CCCC2)C1)C(c1ccccc1)(c1ccccc1)c1ccccc1. The fourth-order valence-corrected chi connectivity index (χ4v) is 12.5. The van der Waals surface area contributed by atoms with E-state index in [1.807, 2.05) is 0 Å². The van der Waals surface area contributed by atoms with Crippen LogP contribution in [0, 0.1) is 11.8 Å². The fraction of sp³-hybridized carbons (Fsp3) is 0.406. The van der Waals surface area contributed by atoms with Gasteiger partial charge in [0.2, 0.25) is 0 Å². The number of Topliss-reactive ketones (excluding diaryl/α,β-unsaturated/α-hetero) is 1. The van der Waals surface area contributed by atoms with Crippen LogP contribution < -0.4 is 0 Å². The molecule has 0 heterocycles. The summed E-state index contributed by atoms with van der Waals surface area (Å²) in [6.07, 6.45) is 8.10. The third kappa shape index (κ3) is 3.90. The molecular weight excluding hydrogens is 428 g/mol. The zero-order valence-electron chi connectivity index (χ0n) is 20.8. The molecule has 2 aliphatic rings. The van der Waals surface area contributed by atoms with Crippen molar-refractivity contribution >= 4 is 13.9 Å². The summed E-state index contributed by atoms with van der Waals surface area (Å²) >= 11 is 0. The van der Waals surface area contributed by atoms with Gasteiger partial charge < -0.3 is 0 Å². The lowest BCUT2D eigenvalue weighted by molar-refractivity contribution is -0.126. The number of ketones is 1. The zero-order chi connectivity index (χ0) is 23.6. The van der Waals surface area contributed by atoms with Crippen LogP contribution in [0.4, 0.5) is 0 Å². The molecule has 0 saturated heterocycles. The maximum atomic E-state index is 13.4. The summed E-state index contributed by atoms with van der Waals surface area (Å²) in [5, 5.41) is -0.160. The lowest BCUT2D eigenvalue weighted by atomic mass is 9.83. The molecule has 0 radical (unpaired) electrons. The van der Waals surface area contributed by atoms with E-state index in [0.29, 0.717) is 17.2 Å². The first-order valence-electron chi connectivity index (χ1n) is 13.3. The van der Waals surface area contributed by atoms with Crippen LogP contribution in [-0.2, 0) is 9.83 Å². The second-order valence-electron chi connectivity index (χ2n) is 11.2. The smallest absolute Gasteiger partial charge is 0.139 e. The van der Waals surface area contributed by atoms with Crippen LogP contribution in [-0.4, -0.2) is 13.9 Å². The van der Waals surface area contributed by atoms with E-state index < -0.39 is 8.07 Å². The summed E-state index contributed by atoms with van der Waals surface area (Å²) in [5.41, 5.74) is 4.81. The van der Waals surface area contributed by atoms with Gasteiger partial charge in [-0.05, 0) is 47.9 Å². The van der Waals surface area contributed by atoms with Gasteiger partial charge in [-0.25, -0.2) is 0 Å². The first-order valence-corrected chi connectivity index (χ1v) is 16.3. The lowest BCUT2D eigenvalue weighted by Crippen LogP contribution is -2.56. The predicted molar refractivity (Wildman–Crippen MR) is 145 cm³/mol. The molecule has 3 aromatic rings. The van der Waals surface area contributed by atoms with Gasteiger partial charge in [-0.3, -0.25) is 4.79 Å². The highest BCUT2D eigenvalue weighted by Crippen LogP contribution is 2.56. The molecule has 3 aromatic carbocycles. The normalized spacial score (nSPS) is 21.6. The van der Waals surface area contributed by atoms with Gasteiger partial charge in [0.05, 0.1) is 8.07 Å². The summed E-state index contributed by atoms with van der Waals surface area (Å²) in [6.45, 7) is 5.21. The molecule has 1 nitrogen and oxygen atoms in total. The van der Waals surface area contributed by atoms with Gasteiger partial charge in [-0.1, -0.05) is 123 Å². The molecule has 0 amide bonds. The van der Waals surface area contributed by atoms with E-state index in [9.17, 15) is 4.79 Å². The van der Waals surface area contributed by atoms with Crippen LogP contribution in [0.3, 0.4) is 0 Å². The van der Waals surface area contributed by atoms with Crippen molar-refractivity contribution in [3.8, 4) is 0 Å². The minimum absolute atomic E-state index is 0.160. The number of hydrogen-bond acceptors (Lipinski definition) is 1. The van der Waals surface area contributed by atoms with Crippen LogP contribution in [0.1, 0.15) is 61.6 Å². The van der Waals surface area contributed by atoms with E-state index >= 15 is 0 Å². The molecule has 0 N–H and O–H groups in total. The first kappa shape index (κ1) is 23.3. The molecular formula is C32H38OSi. The molecule has 2 saturated carbocycles. The van der Waals surface area contributed by atoms with Crippen molar-refractivity contribution in [2.75, 3.05) is 0 Å². The maximum Gasteiger partial charge on any atom is 0.139 e. The maximum absolute atomic E-state index is 13.4. The van der Waals surface area contributed by atoms with E-state index in [4.69, 9.17) is 0 Å². The van der Waals surface area contributed by atoms with Gasteiger partial charge in [0.25, 0.3) is 0 Å². The Morgan fingerprint density at radius 1 is 0.647 bits per heavy atom. The molecule has 2 aliphatic carbocycles.